The lowest BCUT2D eigenvalue weighted by atomic mass is 9.87. The second-order valence-electron chi connectivity index (χ2n) is 11.9. The van der Waals surface area contributed by atoms with Crippen molar-refractivity contribution in [1.82, 2.24) is 0 Å². The van der Waals surface area contributed by atoms with E-state index in [0.717, 1.165) is 11.4 Å². The molecule has 1 N–H and O–H groups in total. The van der Waals surface area contributed by atoms with Crippen molar-refractivity contribution in [3.8, 4) is 11.1 Å². The predicted octanol–water partition coefficient (Wildman–Crippen LogP) is 7.77. The van der Waals surface area contributed by atoms with Gasteiger partial charge in [-0.1, -0.05) is 166 Å². The Labute approximate surface area is 251 Å². The highest BCUT2D eigenvalue weighted by Gasteiger charge is 2.41. The zero-order valence-corrected chi connectivity index (χ0v) is 25.6. The molecule has 42 heavy (non-hydrogen) atoms. The Morgan fingerprint density at radius 3 is 1.45 bits per heavy atom. The van der Waals surface area contributed by atoms with E-state index >= 15 is 0 Å². The summed E-state index contributed by atoms with van der Waals surface area (Å²) in [7, 11) is -2.60. The van der Waals surface area contributed by atoms with Crippen molar-refractivity contribution < 1.29 is 0 Å². The van der Waals surface area contributed by atoms with E-state index in [0.29, 0.717) is 0 Å². The van der Waals surface area contributed by atoms with Gasteiger partial charge in [0.05, 0.1) is 0 Å². The van der Waals surface area contributed by atoms with Crippen LogP contribution in [0.2, 0.25) is 0 Å². The zero-order chi connectivity index (χ0) is 29.0. The number of hydrogen-bond donors (Lipinski definition) is 1. The van der Waals surface area contributed by atoms with E-state index < -0.39 is 8.07 Å². The Morgan fingerprint density at radius 1 is 0.452 bits per heavy atom. The quantitative estimate of drug-likeness (QED) is 0.156. The fourth-order valence-electron chi connectivity index (χ4n) is 6.04. The number of rotatable bonds is 7. The van der Waals surface area contributed by atoms with Crippen LogP contribution in [0.15, 0.2) is 164 Å². The Bertz CT molecular complexity index is 1660. The third-order valence-corrected chi connectivity index (χ3v) is 13.0. The number of anilines is 2. The monoisotopic (exact) mass is 559 g/mol. The fraction of sp³-hybridized carbons (Fsp3) is 0.100. The molecule has 0 radical (unpaired) electrons. The summed E-state index contributed by atoms with van der Waals surface area (Å²) < 4.78 is 0. The van der Waals surface area contributed by atoms with Gasteiger partial charge in [0.25, 0.3) is 0 Å². The highest BCUT2D eigenvalue weighted by molar-refractivity contribution is 7.19. The molecule has 0 aliphatic rings. The van der Waals surface area contributed by atoms with Gasteiger partial charge in [-0.15, -0.1) is 0 Å². The van der Waals surface area contributed by atoms with Gasteiger partial charge in [-0.25, -0.2) is 0 Å². The summed E-state index contributed by atoms with van der Waals surface area (Å²) in [6, 6.07) is 60.0. The molecule has 0 spiro atoms. The maximum Gasteiger partial charge on any atom is 0.179 e. The van der Waals surface area contributed by atoms with Crippen LogP contribution in [0, 0.1) is 0 Å². The minimum atomic E-state index is -2.60. The molecule has 0 saturated carbocycles. The van der Waals surface area contributed by atoms with Crippen LogP contribution < -0.4 is 26.1 Å². The smallest absolute Gasteiger partial charge is 0.179 e. The zero-order valence-electron chi connectivity index (χ0n) is 24.6. The SMILES string of the molecule is CC(C)(C)c1ccc(Nc2ccccc2-c2cccc([Si](c3ccccc3)(c3ccccc3)c3ccccc3)c2)cc1. The Morgan fingerprint density at radius 2 is 0.929 bits per heavy atom. The second-order valence-corrected chi connectivity index (χ2v) is 15.7. The van der Waals surface area contributed by atoms with Crippen molar-refractivity contribution in [1.29, 1.82) is 0 Å². The molecule has 0 aliphatic heterocycles. The molecule has 0 saturated heterocycles. The predicted molar refractivity (Wildman–Crippen MR) is 184 cm³/mol. The standard InChI is InChI=1S/C40H37NSi/c1-40(2,3)32-26-28-33(29-27-32)41-39-25-14-13-24-38(39)31-16-15-23-37(30-31)42(34-17-7-4-8-18-34,35-19-9-5-10-20-35)36-21-11-6-12-22-36/h4-30,41H,1-3H3. The molecule has 0 unspecified atom stereocenters. The molecule has 0 aromatic heterocycles. The highest BCUT2D eigenvalue weighted by Crippen LogP contribution is 2.31. The average molecular weight is 560 g/mol. The highest BCUT2D eigenvalue weighted by atomic mass is 28.3. The van der Waals surface area contributed by atoms with E-state index in [1.807, 2.05) is 0 Å². The van der Waals surface area contributed by atoms with Gasteiger partial charge in [-0.05, 0) is 55.5 Å². The molecule has 1 nitrogen and oxygen atoms in total. The number of hydrogen-bond acceptors (Lipinski definition) is 1. The average Bonchev–Trinajstić information content (AvgIpc) is 3.03. The first kappa shape index (κ1) is 27.5. The summed E-state index contributed by atoms with van der Waals surface area (Å²) >= 11 is 0. The van der Waals surface area contributed by atoms with Crippen molar-refractivity contribution in [2.24, 2.45) is 0 Å². The number of nitrogens with one attached hydrogen (secondary N) is 1. The molecule has 0 amide bonds. The molecule has 0 aliphatic carbocycles. The van der Waals surface area contributed by atoms with Crippen molar-refractivity contribution in [3.63, 3.8) is 0 Å². The van der Waals surface area contributed by atoms with Gasteiger partial charge in [0.15, 0.2) is 8.07 Å². The van der Waals surface area contributed by atoms with Crippen LogP contribution >= 0.6 is 0 Å². The van der Waals surface area contributed by atoms with Crippen LogP contribution in [-0.2, 0) is 5.41 Å². The summed E-state index contributed by atoms with van der Waals surface area (Å²) in [5.41, 5.74) is 6.05. The summed E-state index contributed by atoms with van der Waals surface area (Å²) in [4.78, 5) is 0. The van der Waals surface area contributed by atoms with Crippen LogP contribution in [0.4, 0.5) is 11.4 Å². The molecule has 0 bridgehead atoms. The van der Waals surface area contributed by atoms with E-state index in [1.165, 1.54) is 37.4 Å². The van der Waals surface area contributed by atoms with E-state index in [9.17, 15) is 0 Å². The number of benzene rings is 6. The maximum atomic E-state index is 3.71. The summed E-state index contributed by atoms with van der Waals surface area (Å²) in [5, 5.41) is 9.22. The van der Waals surface area contributed by atoms with E-state index in [4.69, 9.17) is 0 Å². The van der Waals surface area contributed by atoms with E-state index in [1.54, 1.807) is 0 Å². The third-order valence-electron chi connectivity index (χ3n) is 8.18. The lowest BCUT2D eigenvalue weighted by Crippen LogP contribution is -2.74. The first-order valence-corrected chi connectivity index (χ1v) is 16.7. The largest absolute Gasteiger partial charge is 0.355 e. The van der Waals surface area contributed by atoms with Gasteiger partial charge in [0.2, 0.25) is 0 Å². The molecule has 6 rings (SSSR count). The van der Waals surface area contributed by atoms with Crippen molar-refractivity contribution >= 4 is 40.2 Å². The summed E-state index contributed by atoms with van der Waals surface area (Å²) in [5.74, 6) is 0. The minimum absolute atomic E-state index is 0.128. The first-order chi connectivity index (χ1) is 20.5. The van der Waals surface area contributed by atoms with Crippen molar-refractivity contribution in [2.75, 3.05) is 5.32 Å². The van der Waals surface area contributed by atoms with Gasteiger partial charge in [-0.3, -0.25) is 0 Å². The molecule has 0 atom stereocenters. The Balaban J connectivity index is 1.50. The van der Waals surface area contributed by atoms with Gasteiger partial charge in [0, 0.05) is 16.9 Å². The van der Waals surface area contributed by atoms with Crippen LogP contribution in [0.25, 0.3) is 11.1 Å². The molecular formula is C40H37NSi. The Kier molecular flexibility index (Phi) is 7.65. The lowest BCUT2D eigenvalue weighted by Gasteiger charge is -2.34. The fourth-order valence-corrected chi connectivity index (χ4v) is 10.8. The van der Waals surface area contributed by atoms with Gasteiger partial charge >= 0.3 is 0 Å². The van der Waals surface area contributed by atoms with E-state index in [-0.39, 0.29) is 5.41 Å². The van der Waals surface area contributed by atoms with Crippen LogP contribution in [0.3, 0.4) is 0 Å². The molecule has 0 heterocycles. The summed E-state index contributed by atoms with van der Waals surface area (Å²) in [6.45, 7) is 6.75. The molecule has 6 aromatic carbocycles. The Hall–Kier alpha value is -4.66. The third kappa shape index (κ3) is 5.34. The topological polar surface area (TPSA) is 12.0 Å². The normalized spacial score (nSPS) is 11.7. The van der Waals surface area contributed by atoms with Crippen LogP contribution in [0.1, 0.15) is 26.3 Å². The molecule has 206 valence electrons. The number of para-hydroxylation sites is 1. The van der Waals surface area contributed by atoms with Gasteiger partial charge in [-0.2, -0.15) is 0 Å². The van der Waals surface area contributed by atoms with E-state index in [2.05, 4.69) is 190 Å². The van der Waals surface area contributed by atoms with Crippen LogP contribution in [0.5, 0.6) is 0 Å². The molecular weight excluding hydrogens is 523 g/mol. The van der Waals surface area contributed by atoms with Crippen LogP contribution in [-0.4, -0.2) is 8.07 Å². The van der Waals surface area contributed by atoms with Gasteiger partial charge in [0.1, 0.15) is 0 Å². The molecule has 0 fully saturated rings. The maximum absolute atomic E-state index is 3.71. The first-order valence-electron chi connectivity index (χ1n) is 14.7. The summed E-state index contributed by atoms with van der Waals surface area (Å²) in [6.07, 6.45) is 0. The van der Waals surface area contributed by atoms with Gasteiger partial charge < -0.3 is 5.32 Å². The second kappa shape index (κ2) is 11.7. The van der Waals surface area contributed by atoms with Crippen molar-refractivity contribution in [2.45, 2.75) is 26.2 Å². The molecule has 2 heteroatoms. The van der Waals surface area contributed by atoms with Crippen molar-refractivity contribution in [3.05, 3.63) is 169 Å². The minimum Gasteiger partial charge on any atom is -0.355 e. The molecule has 6 aromatic rings. The lowest BCUT2D eigenvalue weighted by molar-refractivity contribution is 0.590.